The smallest absolute Gasteiger partial charge is 0.333 e. The Hall–Kier alpha value is -1.22. The summed E-state index contributed by atoms with van der Waals surface area (Å²) >= 11 is 0. The molecule has 0 saturated carbocycles. The molecule has 0 heterocycles. The second kappa shape index (κ2) is 10.7. The minimum atomic E-state index is -1.06. The van der Waals surface area contributed by atoms with Crippen LogP contribution in [0.2, 0.25) is 0 Å². The van der Waals surface area contributed by atoms with Crippen LogP contribution in [0.4, 0.5) is 0 Å². The van der Waals surface area contributed by atoms with Gasteiger partial charge in [-0.05, 0) is 25.9 Å². The molecule has 0 aromatic rings. The van der Waals surface area contributed by atoms with Gasteiger partial charge in [0.15, 0.2) is 5.52 Å². The third-order valence-electron chi connectivity index (χ3n) is 2.29. The van der Waals surface area contributed by atoms with E-state index in [0.29, 0.717) is 12.2 Å². The predicted molar refractivity (Wildman–Crippen MR) is 74.7 cm³/mol. The molecule has 0 amide bonds. The third-order valence-corrected chi connectivity index (χ3v) is 3.46. The number of aliphatic carboxylic acids is 1. The fourth-order valence-corrected chi connectivity index (χ4v) is 2.28. The number of carbonyl (C=O) groups excluding carboxylic acids is 2. The van der Waals surface area contributed by atoms with Gasteiger partial charge in [0.25, 0.3) is 0 Å². The molecule has 0 aromatic carbocycles. The maximum absolute atomic E-state index is 11.1. The SMILES string of the molecule is C=C(C)C(=O)OCCCCCCPC(=O)CC(=O)O. The molecule has 108 valence electrons. The van der Waals surface area contributed by atoms with Crippen LogP contribution in [0, 0.1) is 0 Å². The molecular formula is C13H21O5P. The summed E-state index contributed by atoms with van der Waals surface area (Å²) in [6.45, 7) is 5.49. The van der Waals surface area contributed by atoms with E-state index < -0.39 is 5.97 Å². The molecule has 0 rings (SSSR count). The number of unbranched alkanes of at least 4 members (excludes halogenated alkanes) is 3. The van der Waals surface area contributed by atoms with Crippen LogP contribution in [0.5, 0.6) is 0 Å². The van der Waals surface area contributed by atoms with Gasteiger partial charge in [-0.2, -0.15) is 0 Å². The lowest BCUT2D eigenvalue weighted by Gasteiger charge is -2.04. The first-order valence-electron chi connectivity index (χ1n) is 6.24. The Morgan fingerprint density at radius 2 is 1.79 bits per heavy atom. The van der Waals surface area contributed by atoms with E-state index >= 15 is 0 Å². The minimum absolute atomic E-state index is 0.0869. The van der Waals surface area contributed by atoms with Crippen LogP contribution in [0.1, 0.15) is 39.0 Å². The normalized spacial score (nSPS) is 10.6. The Bertz CT molecular complexity index is 338. The predicted octanol–water partition coefficient (Wildman–Crippen LogP) is 2.35. The lowest BCUT2D eigenvalue weighted by Crippen LogP contribution is -2.06. The Morgan fingerprint density at radius 3 is 2.37 bits per heavy atom. The van der Waals surface area contributed by atoms with Gasteiger partial charge in [0, 0.05) is 5.57 Å². The van der Waals surface area contributed by atoms with E-state index in [4.69, 9.17) is 9.84 Å². The lowest BCUT2D eigenvalue weighted by molar-refractivity contribution is -0.140. The first-order chi connectivity index (χ1) is 8.93. The van der Waals surface area contributed by atoms with Gasteiger partial charge in [-0.3, -0.25) is 9.59 Å². The topological polar surface area (TPSA) is 80.7 Å². The molecule has 6 heteroatoms. The summed E-state index contributed by atoms with van der Waals surface area (Å²) in [5.41, 5.74) is 0.209. The second-order valence-electron chi connectivity index (χ2n) is 4.25. The van der Waals surface area contributed by atoms with Crippen molar-refractivity contribution in [3.8, 4) is 0 Å². The molecule has 0 aliphatic heterocycles. The molecule has 1 N–H and O–H groups in total. The second-order valence-corrected chi connectivity index (χ2v) is 5.66. The highest BCUT2D eigenvalue weighted by Gasteiger charge is 2.06. The highest BCUT2D eigenvalue weighted by molar-refractivity contribution is 7.57. The summed E-state index contributed by atoms with van der Waals surface area (Å²) in [7, 11) is 0.0869. The van der Waals surface area contributed by atoms with Gasteiger partial charge < -0.3 is 9.84 Å². The zero-order valence-electron chi connectivity index (χ0n) is 11.2. The maximum atomic E-state index is 11.1. The van der Waals surface area contributed by atoms with Gasteiger partial charge in [0.1, 0.15) is 6.42 Å². The molecule has 0 spiro atoms. The third kappa shape index (κ3) is 11.6. The van der Waals surface area contributed by atoms with Crippen LogP contribution in [-0.4, -0.2) is 35.3 Å². The molecule has 1 unspecified atom stereocenters. The van der Waals surface area contributed by atoms with E-state index in [-0.39, 0.29) is 26.5 Å². The summed E-state index contributed by atoms with van der Waals surface area (Å²) in [5.74, 6) is -1.42. The molecule has 0 saturated heterocycles. The summed E-state index contributed by atoms with van der Waals surface area (Å²) < 4.78 is 4.94. The van der Waals surface area contributed by atoms with Crippen LogP contribution in [0.25, 0.3) is 0 Å². The molecule has 0 aromatic heterocycles. The van der Waals surface area contributed by atoms with E-state index in [1.54, 1.807) is 6.92 Å². The van der Waals surface area contributed by atoms with E-state index in [0.717, 1.165) is 31.8 Å². The Morgan fingerprint density at radius 1 is 1.16 bits per heavy atom. The average molecular weight is 288 g/mol. The van der Waals surface area contributed by atoms with Gasteiger partial charge in [0.05, 0.1) is 6.61 Å². The summed E-state index contributed by atoms with van der Waals surface area (Å²) in [6, 6.07) is 0. The Balaban J connectivity index is 3.32. The molecule has 5 nitrogen and oxygen atoms in total. The number of esters is 1. The molecule has 0 bridgehead atoms. The molecule has 0 aliphatic rings. The number of carboxylic acid groups (broad SMARTS) is 1. The maximum Gasteiger partial charge on any atom is 0.333 e. The van der Waals surface area contributed by atoms with Crippen LogP contribution < -0.4 is 0 Å². The number of carboxylic acids is 1. The fourth-order valence-electron chi connectivity index (χ4n) is 1.30. The van der Waals surface area contributed by atoms with Gasteiger partial charge in [0.2, 0.25) is 0 Å². The first-order valence-corrected chi connectivity index (χ1v) is 7.45. The van der Waals surface area contributed by atoms with E-state index in [1.165, 1.54) is 0 Å². The van der Waals surface area contributed by atoms with Crippen LogP contribution in [0.3, 0.4) is 0 Å². The molecule has 0 radical (unpaired) electrons. The Kier molecular flexibility index (Phi) is 9.99. The lowest BCUT2D eigenvalue weighted by atomic mass is 10.2. The van der Waals surface area contributed by atoms with Crippen molar-refractivity contribution in [1.29, 1.82) is 0 Å². The van der Waals surface area contributed by atoms with Crippen molar-refractivity contribution in [3.05, 3.63) is 12.2 Å². The van der Waals surface area contributed by atoms with Crippen molar-refractivity contribution in [1.82, 2.24) is 0 Å². The fraction of sp³-hybridized carbons (Fsp3) is 0.615. The van der Waals surface area contributed by atoms with Crippen LogP contribution in [-0.2, 0) is 19.1 Å². The zero-order chi connectivity index (χ0) is 14.7. The van der Waals surface area contributed by atoms with Crippen molar-refractivity contribution in [3.63, 3.8) is 0 Å². The summed E-state index contributed by atoms with van der Waals surface area (Å²) in [6.07, 6.45) is 3.97. The molecule has 0 fully saturated rings. The van der Waals surface area contributed by atoms with E-state index in [9.17, 15) is 14.4 Å². The van der Waals surface area contributed by atoms with Crippen molar-refractivity contribution < 1.29 is 24.2 Å². The Labute approximate surface area is 115 Å². The van der Waals surface area contributed by atoms with Crippen molar-refractivity contribution in [2.24, 2.45) is 0 Å². The van der Waals surface area contributed by atoms with Crippen molar-refractivity contribution in [2.75, 3.05) is 12.8 Å². The van der Waals surface area contributed by atoms with Gasteiger partial charge in [-0.15, -0.1) is 0 Å². The average Bonchev–Trinajstić information content (AvgIpc) is 2.31. The van der Waals surface area contributed by atoms with Crippen molar-refractivity contribution in [2.45, 2.75) is 39.0 Å². The number of hydrogen-bond donors (Lipinski definition) is 1. The van der Waals surface area contributed by atoms with Crippen molar-refractivity contribution >= 4 is 26.0 Å². The van der Waals surface area contributed by atoms with Crippen LogP contribution >= 0.6 is 8.58 Å². The molecule has 19 heavy (non-hydrogen) atoms. The van der Waals surface area contributed by atoms with Gasteiger partial charge >= 0.3 is 11.9 Å². The number of ether oxygens (including phenoxy) is 1. The number of carbonyl (C=O) groups is 3. The summed E-state index contributed by atoms with van der Waals surface area (Å²) in [4.78, 5) is 32.4. The standard InChI is InChI=1S/C13H21O5P/c1-10(2)13(17)18-7-5-3-4-6-8-19-12(16)9-11(14)15/h19H,1,3-9H2,2H3,(H,14,15). The molecule has 0 aliphatic carbocycles. The highest BCUT2D eigenvalue weighted by atomic mass is 31.1. The number of rotatable bonds is 11. The number of hydrogen-bond acceptors (Lipinski definition) is 4. The largest absolute Gasteiger partial charge is 0.481 e. The van der Waals surface area contributed by atoms with E-state index in [2.05, 4.69) is 6.58 Å². The molecule has 1 atom stereocenters. The summed E-state index contributed by atoms with van der Waals surface area (Å²) in [5, 5.41) is 8.40. The molecular weight excluding hydrogens is 267 g/mol. The first kappa shape index (κ1) is 17.8. The van der Waals surface area contributed by atoms with E-state index in [1.807, 2.05) is 0 Å². The minimum Gasteiger partial charge on any atom is -0.481 e. The van der Waals surface area contributed by atoms with Gasteiger partial charge in [-0.1, -0.05) is 28.0 Å². The highest BCUT2D eigenvalue weighted by Crippen LogP contribution is 2.17. The van der Waals surface area contributed by atoms with Crippen LogP contribution in [0.15, 0.2) is 12.2 Å². The quantitative estimate of drug-likeness (QED) is 0.207. The monoisotopic (exact) mass is 288 g/mol. The zero-order valence-corrected chi connectivity index (χ0v) is 12.2. The van der Waals surface area contributed by atoms with Gasteiger partial charge in [-0.25, -0.2) is 4.79 Å².